The summed E-state index contributed by atoms with van der Waals surface area (Å²) in [6.45, 7) is 4.25. The second kappa shape index (κ2) is 4.33. The summed E-state index contributed by atoms with van der Waals surface area (Å²) in [6.07, 6.45) is 1.84. The van der Waals surface area contributed by atoms with E-state index in [1.165, 1.54) is 4.70 Å². The molecule has 3 nitrogen and oxygen atoms in total. The number of hydrogen-bond acceptors (Lipinski definition) is 5. The van der Waals surface area contributed by atoms with E-state index in [0.717, 1.165) is 15.7 Å². The van der Waals surface area contributed by atoms with E-state index in [0.29, 0.717) is 0 Å². The highest BCUT2D eigenvalue weighted by Crippen LogP contribution is 2.31. The SMILES string of the molecule is CC(C)(Nc1nc2ccccc2s1)c1nccs1. The zero-order valence-corrected chi connectivity index (χ0v) is 11.8. The van der Waals surface area contributed by atoms with Crippen molar-refractivity contribution in [2.24, 2.45) is 0 Å². The Morgan fingerprint density at radius 2 is 2.06 bits per heavy atom. The Morgan fingerprint density at radius 3 is 2.78 bits per heavy atom. The quantitative estimate of drug-likeness (QED) is 0.782. The van der Waals surface area contributed by atoms with Crippen molar-refractivity contribution in [1.29, 1.82) is 0 Å². The van der Waals surface area contributed by atoms with Gasteiger partial charge in [0.15, 0.2) is 5.13 Å². The molecule has 1 N–H and O–H groups in total. The lowest BCUT2D eigenvalue weighted by atomic mass is 10.1. The molecule has 1 aromatic carbocycles. The molecule has 0 amide bonds. The maximum absolute atomic E-state index is 4.59. The van der Waals surface area contributed by atoms with Crippen LogP contribution < -0.4 is 5.32 Å². The van der Waals surface area contributed by atoms with Gasteiger partial charge in [-0.05, 0) is 26.0 Å². The summed E-state index contributed by atoms with van der Waals surface area (Å²) in [5.74, 6) is 0. The number of benzene rings is 1. The second-order valence-corrected chi connectivity index (χ2v) is 6.50. The molecule has 0 aliphatic heterocycles. The normalized spacial score (nSPS) is 11.9. The van der Waals surface area contributed by atoms with Gasteiger partial charge in [0.1, 0.15) is 5.01 Å². The summed E-state index contributed by atoms with van der Waals surface area (Å²) in [6, 6.07) is 8.18. The number of hydrogen-bond donors (Lipinski definition) is 1. The maximum atomic E-state index is 4.59. The number of para-hydroxylation sites is 1. The van der Waals surface area contributed by atoms with Gasteiger partial charge in [-0.3, -0.25) is 0 Å². The predicted octanol–water partition coefficient (Wildman–Crippen LogP) is 4.10. The Labute approximate surface area is 114 Å². The van der Waals surface area contributed by atoms with Crippen LogP contribution in [0.15, 0.2) is 35.8 Å². The lowest BCUT2D eigenvalue weighted by Crippen LogP contribution is -2.27. The highest BCUT2D eigenvalue weighted by Gasteiger charge is 2.24. The standard InChI is InChI=1S/C13H13N3S2/c1-13(2,11-14-7-8-17-11)16-12-15-9-5-3-4-6-10(9)18-12/h3-8H,1-2H3,(H,15,16). The van der Waals surface area contributed by atoms with Crippen LogP contribution >= 0.6 is 22.7 Å². The van der Waals surface area contributed by atoms with Crippen molar-refractivity contribution >= 4 is 38.0 Å². The van der Waals surface area contributed by atoms with E-state index in [-0.39, 0.29) is 5.54 Å². The molecule has 3 aromatic rings. The first-order valence-corrected chi connectivity index (χ1v) is 7.38. The van der Waals surface area contributed by atoms with Crippen molar-refractivity contribution < 1.29 is 0 Å². The molecule has 2 heterocycles. The number of nitrogens with one attached hydrogen (secondary N) is 1. The minimum Gasteiger partial charge on any atom is -0.350 e. The first-order valence-electron chi connectivity index (χ1n) is 5.69. The van der Waals surface area contributed by atoms with E-state index in [4.69, 9.17) is 0 Å². The Hall–Kier alpha value is -1.46. The Kier molecular flexibility index (Phi) is 2.80. The van der Waals surface area contributed by atoms with Gasteiger partial charge in [-0.2, -0.15) is 0 Å². The topological polar surface area (TPSA) is 37.8 Å². The smallest absolute Gasteiger partial charge is 0.184 e. The molecular formula is C13H13N3S2. The van der Waals surface area contributed by atoms with Crippen molar-refractivity contribution in [2.75, 3.05) is 5.32 Å². The number of nitrogens with zero attached hydrogens (tertiary/aromatic N) is 2. The summed E-state index contributed by atoms with van der Waals surface area (Å²) in [7, 11) is 0. The molecule has 2 aromatic heterocycles. The first-order chi connectivity index (χ1) is 8.65. The number of aromatic nitrogens is 2. The average molecular weight is 275 g/mol. The molecule has 0 bridgehead atoms. The Bertz CT molecular complexity index is 623. The van der Waals surface area contributed by atoms with Gasteiger partial charge in [0.2, 0.25) is 0 Å². The highest BCUT2D eigenvalue weighted by atomic mass is 32.1. The van der Waals surface area contributed by atoms with Gasteiger partial charge in [0.05, 0.1) is 15.8 Å². The van der Waals surface area contributed by atoms with Crippen LogP contribution in [-0.4, -0.2) is 9.97 Å². The number of anilines is 1. The largest absolute Gasteiger partial charge is 0.350 e. The summed E-state index contributed by atoms with van der Waals surface area (Å²) in [4.78, 5) is 8.96. The second-order valence-electron chi connectivity index (χ2n) is 4.57. The molecular weight excluding hydrogens is 262 g/mol. The van der Waals surface area contributed by atoms with Crippen LogP contribution in [0.25, 0.3) is 10.2 Å². The van der Waals surface area contributed by atoms with Gasteiger partial charge < -0.3 is 5.32 Å². The molecule has 5 heteroatoms. The molecule has 0 saturated heterocycles. The zero-order valence-electron chi connectivity index (χ0n) is 10.2. The lowest BCUT2D eigenvalue weighted by Gasteiger charge is -2.23. The maximum Gasteiger partial charge on any atom is 0.184 e. The molecule has 0 atom stereocenters. The van der Waals surface area contributed by atoms with E-state index < -0.39 is 0 Å². The fourth-order valence-corrected chi connectivity index (χ4v) is 3.52. The Morgan fingerprint density at radius 1 is 1.22 bits per heavy atom. The minimum atomic E-state index is -0.192. The molecule has 0 saturated carbocycles. The molecule has 3 rings (SSSR count). The van der Waals surface area contributed by atoms with E-state index >= 15 is 0 Å². The van der Waals surface area contributed by atoms with Crippen molar-refractivity contribution in [3.8, 4) is 0 Å². The zero-order chi connectivity index (χ0) is 12.6. The summed E-state index contributed by atoms with van der Waals surface area (Å²) in [5, 5.41) is 7.47. The van der Waals surface area contributed by atoms with E-state index in [2.05, 4.69) is 35.2 Å². The number of rotatable bonds is 3. The molecule has 18 heavy (non-hydrogen) atoms. The molecule has 0 aliphatic carbocycles. The van der Waals surface area contributed by atoms with E-state index in [9.17, 15) is 0 Å². The molecule has 0 unspecified atom stereocenters. The van der Waals surface area contributed by atoms with Crippen LogP contribution in [0.2, 0.25) is 0 Å². The van der Waals surface area contributed by atoms with Crippen molar-refractivity contribution in [2.45, 2.75) is 19.4 Å². The molecule has 92 valence electrons. The fraction of sp³-hybridized carbons (Fsp3) is 0.231. The fourth-order valence-electron chi connectivity index (χ4n) is 1.78. The molecule has 0 radical (unpaired) electrons. The number of fused-ring (bicyclic) bond motifs is 1. The van der Waals surface area contributed by atoms with Crippen LogP contribution in [0.5, 0.6) is 0 Å². The summed E-state index contributed by atoms with van der Waals surface area (Å²) in [5.41, 5.74) is 0.849. The van der Waals surface area contributed by atoms with Gasteiger partial charge in [0, 0.05) is 11.6 Å². The van der Waals surface area contributed by atoms with Gasteiger partial charge in [-0.1, -0.05) is 23.5 Å². The minimum absolute atomic E-state index is 0.192. The molecule has 0 fully saturated rings. The average Bonchev–Trinajstić information content (AvgIpc) is 2.96. The third kappa shape index (κ3) is 2.11. The van der Waals surface area contributed by atoms with Crippen LogP contribution in [0, 0.1) is 0 Å². The highest BCUT2D eigenvalue weighted by molar-refractivity contribution is 7.22. The lowest BCUT2D eigenvalue weighted by molar-refractivity contribution is 0.604. The van der Waals surface area contributed by atoms with Gasteiger partial charge >= 0.3 is 0 Å². The van der Waals surface area contributed by atoms with Gasteiger partial charge in [-0.25, -0.2) is 9.97 Å². The van der Waals surface area contributed by atoms with Gasteiger partial charge in [0.25, 0.3) is 0 Å². The van der Waals surface area contributed by atoms with Crippen LogP contribution in [0.3, 0.4) is 0 Å². The van der Waals surface area contributed by atoms with Crippen molar-refractivity contribution in [1.82, 2.24) is 9.97 Å². The van der Waals surface area contributed by atoms with Crippen LogP contribution in [-0.2, 0) is 5.54 Å². The van der Waals surface area contributed by atoms with Crippen molar-refractivity contribution in [3.05, 3.63) is 40.8 Å². The van der Waals surface area contributed by atoms with Gasteiger partial charge in [-0.15, -0.1) is 11.3 Å². The predicted molar refractivity (Wildman–Crippen MR) is 78.4 cm³/mol. The van der Waals surface area contributed by atoms with Crippen molar-refractivity contribution in [3.63, 3.8) is 0 Å². The van der Waals surface area contributed by atoms with E-state index in [1.807, 2.05) is 29.8 Å². The number of thiazole rings is 2. The third-order valence-corrected chi connectivity index (χ3v) is 4.73. The van der Waals surface area contributed by atoms with Crippen LogP contribution in [0.1, 0.15) is 18.9 Å². The monoisotopic (exact) mass is 275 g/mol. The first kappa shape index (κ1) is 11.6. The summed E-state index contributed by atoms with van der Waals surface area (Å²) < 4.78 is 1.20. The summed E-state index contributed by atoms with van der Waals surface area (Å²) >= 11 is 3.34. The van der Waals surface area contributed by atoms with Crippen LogP contribution in [0.4, 0.5) is 5.13 Å². The molecule has 0 spiro atoms. The van der Waals surface area contributed by atoms with E-state index in [1.54, 1.807) is 22.7 Å². The Balaban J connectivity index is 1.92. The molecule has 0 aliphatic rings. The third-order valence-electron chi connectivity index (χ3n) is 2.68.